The summed E-state index contributed by atoms with van der Waals surface area (Å²) in [5, 5.41) is 181. The number of rotatable bonds is 15. The highest BCUT2D eigenvalue weighted by Gasteiger charge is 2.58. The first-order valence-electron chi connectivity index (χ1n) is 14.0. The van der Waals surface area contributed by atoms with E-state index in [1.165, 1.54) is 0 Å². The first-order valence-corrected chi connectivity index (χ1v) is 14.0. The Labute approximate surface area is 266 Å². The van der Waals surface area contributed by atoms with Crippen molar-refractivity contribution in [1.29, 1.82) is 0 Å². The van der Waals surface area contributed by atoms with Gasteiger partial charge in [-0.15, -0.1) is 0 Å². The van der Waals surface area contributed by atoms with Gasteiger partial charge in [0.15, 0.2) is 6.29 Å². The second-order valence-corrected chi connectivity index (χ2v) is 10.5. The fourth-order valence-corrected chi connectivity index (χ4v) is 3.97. The first kappa shape index (κ1) is 46.1. The fourth-order valence-electron chi connectivity index (χ4n) is 3.97. The van der Waals surface area contributed by atoms with E-state index in [0.717, 1.165) is 0 Å². The maximum absolute atomic E-state index is 10.00. The van der Waals surface area contributed by atoms with Gasteiger partial charge in [0.1, 0.15) is 98.2 Å². The van der Waals surface area contributed by atoms with Gasteiger partial charge in [0.05, 0.1) is 39.6 Å². The summed E-state index contributed by atoms with van der Waals surface area (Å²) < 4.78 is 15.4. The highest BCUT2D eigenvalue weighted by Crippen LogP contribution is 2.35. The molecule has 2 aliphatic heterocycles. The van der Waals surface area contributed by atoms with Gasteiger partial charge in [-0.25, -0.2) is 0 Å². The van der Waals surface area contributed by atoms with Crippen molar-refractivity contribution in [1.82, 2.24) is 0 Å². The van der Waals surface area contributed by atoms with Crippen molar-refractivity contribution in [2.24, 2.45) is 0 Å². The second kappa shape index (κ2) is 22.0. The number of ether oxygens (including phenoxy) is 3. The maximum atomic E-state index is 10.00. The van der Waals surface area contributed by atoms with Crippen LogP contribution in [-0.4, -0.2) is 252 Å². The quantitative estimate of drug-likeness (QED) is 0.0751. The van der Waals surface area contributed by atoms with Gasteiger partial charge in [0, 0.05) is 0 Å². The third-order valence-corrected chi connectivity index (χ3v) is 7.10. The zero-order valence-corrected chi connectivity index (χ0v) is 24.9. The molecule has 47 heavy (non-hydrogen) atoms. The lowest BCUT2D eigenvalue weighted by Crippen LogP contribution is -2.62. The van der Waals surface area contributed by atoms with E-state index in [0.29, 0.717) is 0 Å². The zero-order valence-electron chi connectivity index (χ0n) is 24.9. The molecule has 2 aliphatic rings. The monoisotopic (exact) mass is 706 g/mol. The van der Waals surface area contributed by atoms with Crippen molar-refractivity contribution in [2.75, 3.05) is 46.2 Å². The predicted molar refractivity (Wildman–Crippen MR) is 145 cm³/mol. The van der Waals surface area contributed by atoms with Gasteiger partial charge in [0.2, 0.25) is 5.79 Å². The van der Waals surface area contributed by atoms with Crippen LogP contribution in [-0.2, 0) is 14.2 Å². The van der Waals surface area contributed by atoms with E-state index in [1.807, 2.05) is 0 Å². The summed E-state index contributed by atoms with van der Waals surface area (Å²) in [4.78, 5) is 0. The van der Waals surface area contributed by atoms with Crippen LogP contribution < -0.4 is 0 Å². The molecule has 0 unspecified atom stereocenters. The Morgan fingerprint density at radius 3 is 1.13 bits per heavy atom. The number of aliphatic hydroxyl groups is 20. The van der Waals surface area contributed by atoms with Gasteiger partial charge in [-0.1, -0.05) is 0 Å². The summed E-state index contributed by atoms with van der Waals surface area (Å²) in [6.07, 6.45) is -25.4. The van der Waals surface area contributed by atoms with E-state index in [9.17, 15) is 30.6 Å². The first-order chi connectivity index (χ1) is 21.9. The van der Waals surface area contributed by atoms with Gasteiger partial charge >= 0.3 is 0 Å². The largest absolute Gasteiger partial charge is 0.394 e. The fraction of sp³-hybridized carbons (Fsp3) is 1.00. The molecule has 284 valence electrons. The smallest absolute Gasteiger partial charge is 0.224 e. The summed E-state index contributed by atoms with van der Waals surface area (Å²) in [6.45, 7) is -5.23. The molecule has 2 rings (SSSR count). The van der Waals surface area contributed by atoms with Crippen LogP contribution in [0.1, 0.15) is 0 Å². The van der Waals surface area contributed by atoms with Gasteiger partial charge < -0.3 is 116 Å². The van der Waals surface area contributed by atoms with Gasteiger partial charge in [-0.2, -0.15) is 0 Å². The van der Waals surface area contributed by atoms with Crippen LogP contribution in [0.25, 0.3) is 0 Å². The number of aliphatic hydroxyl groups excluding tert-OH is 20. The average molecular weight is 707 g/mol. The zero-order chi connectivity index (χ0) is 36.8. The Balaban J connectivity index is 0.000000749. The molecular formula is C24H50O23. The van der Waals surface area contributed by atoms with Gasteiger partial charge in [-0.3, -0.25) is 0 Å². The Hall–Kier alpha value is -0.920. The molecule has 0 aromatic rings. The molecule has 2 heterocycles. The van der Waals surface area contributed by atoms with Crippen molar-refractivity contribution in [3.63, 3.8) is 0 Å². The topological polar surface area (TPSA) is 432 Å². The third-order valence-electron chi connectivity index (χ3n) is 7.10. The second-order valence-electron chi connectivity index (χ2n) is 10.5. The summed E-state index contributed by atoms with van der Waals surface area (Å²) in [6, 6.07) is 0. The third kappa shape index (κ3) is 12.4. The average Bonchev–Trinajstić information content (AvgIpc) is 3.34. The molecule has 20 N–H and O–H groups in total. The molecule has 2 fully saturated rings. The van der Waals surface area contributed by atoms with E-state index in [2.05, 4.69) is 0 Å². The van der Waals surface area contributed by atoms with Crippen LogP contribution in [0.2, 0.25) is 0 Å². The minimum absolute atomic E-state index is 0.669. The molecule has 0 radical (unpaired) electrons. The highest BCUT2D eigenvalue weighted by atomic mass is 16.8. The van der Waals surface area contributed by atoms with Gasteiger partial charge in [0.25, 0.3) is 0 Å². The van der Waals surface area contributed by atoms with E-state index < -0.39 is 150 Å². The Bertz CT molecular complexity index is 757. The Morgan fingerprint density at radius 2 is 0.851 bits per heavy atom. The van der Waals surface area contributed by atoms with Crippen molar-refractivity contribution < 1.29 is 116 Å². The molecule has 2 saturated heterocycles. The lowest BCUT2D eigenvalue weighted by atomic mass is 9.99. The molecule has 0 spiro atoms. The van der Waals surface area contributed by atoms with E-state index >= 15 is 0 Å². The summed E-state index contributed by atoms with van der Waals surface area (Å²) >= 11 is 0. The lowest BCUT2D eigenvalue weighted by molar-refractivity contribution is -0.383. The van der Waals surface area contributed by atoms with E-state index in [1.54, 1.807) is 0 Å². The molecule has 23 heteroatoms. The summed E-state index contributed by atoms with van der Waals surface area (Å²) in [5.41, 5.74) is 0. The van der Waals surface area contributed by atoms with E-state index in [-0.39, 0.29) is 0 Å². The molecular weight excluding hydrogens is 656 g/mol. The van der Waals surface area contributed by atoms with Crippen LogP contribution >= 0.6 is 0 Å². The molecule has 0 amide bonds. The number of hydrogen-bond acceptors (Lipinski definition) is 23. The summed E-state index contributed by atoms with van der Waals surface area (Å²) in [5.74, 6) is -2.22. The molecule has 23 nitrogen and oxygen atoms in total. The Morgan fingerprint density at radius 1 is 0.489 bits per heavy atom. The molecule has 0 aliphatic carbocycles. The maximum Gasteiger partial charge on any atom is 0.224 e. The molecule has 17 atom stereocenters. The predicted octanol–water partition coefficient (Wildman–Crippen LogP) is -12.6. The summed E-state index contributed by atoms with van der Waals surface area (Å²) in [7, 11) is 0. The Kier molecular flexibility index (Phi) is 21.6. The normalized spacial score (nSPS) is 36.0. The van der Waals surface area contributed by atoms with E-state index in [4.69, 9.17) is 85.7 Å². The van der Waals surface area contributed by atoms with Crippen LogP contribution in [0.15, 0.2) is 0 Å². The number of hydrogen-bond donors (Lipinski definition) is 20. The molecule has 0 saturated carbocycles. The van der Waals surface area contributed by atoms with Crippen molar-refractivity contribution >= 4 is 0 Å². The van der Waals surface area contributed by atoms with Crippen molar-refractivity contribution in [3.8, 4) is 0 Å². The SMILES string of the molecule is OC[C@@H](O)[C@@H](O)[C@H](O)[C@@H](O)CO.OC[C@@H](O)[C@@H](O)[C@H](O)[C@H](O)CO.OC[C@H]1O[C@@](CO)(O[C@H]2O[C@H](CO)[C@@H](O)[C@H](O)[C@H]2O)[C@@H](O)[C@@H]1O. The van der Waals surface area contributed by atoms with Crippen LogP contribution in [0.5, 0.6) is 0 Å². The van der Waals surface area contributed by atoms with Crippen molar-refractivity contribution in [3.05, 3.63) is 0 Å². The minimum Gasteiger partial charge on any atom is -0.394 e. The molecule has 0 aromatic carbocycles. The highest BCUT2D eigenvalue weighted by molar-refractivity contribution is 4.98. The minimum atomic E-state index is -2.22. The standard InChI is InChI=1S/C12H22O11.2C6H14O6/c13-1-4-6(16)8(18)9(19)11(21-4)23-12(3-15)10(20)7(17)5(2-14)22-12;2*7-1-3(9)5(11)6(12)4(10)2-8/h4-11,13-20H,1-3H2;2*3-12H,1-2H2/t4-,5-,6-,7-,8+,9-,10+,11-,12+;3-,4+,5-,6-;3-,4-,5-,6-/m111/s1. The van der Waals surface area contributed by atoms with Crippen molar-refractivity contribution in [2.45, 2.75) is 104 Å². The molecule has 0 aromatic heterocycles. The van der Waals surface area contributed by atoms with Crippen LogP contribution in [0.3, 0.4) is 0 Å². The lowest BCUT2D eigenvalue weighted by Gasteiger charge is -2.43. The molecule has 0 bridgehead atoms. The van der Waals surface area contributed by atoms with Crippen LogP contribution in [0, 0.1) is 0 Å². The van der Waals surface area contributed by atoms with Gasteiger partial charge in [-0.05, 0) is 0 Å². The van der Waals surface area contributed by atoms with Crippen LogP contribution in [0.4, 0.5) is 0 Å².